The van der Waals surface area contributed by atoms with Gasteiger partial charge in [-0.1, -0.05) is 28.8 Å². The molecule has 0 saturated carbocycles. The maximum atomic E-state index is 13.5. The van der Waals surface area contributed by atoms with Crippen LogP contribution in [0.3, 0.4) is 0 Å². The van der Waals surface area contributed by atoms with Crippen molar-refractivity contribution >= 4 is 16.8 Å². The molecule has 3 aromatic carbocycles. The summed E-state index contributed by atoms with van der Waals surface area (Å²) in [5.74, 6) is 0.641. The van der Waals surface area contributed by atoms with E-state index in [1.165, 1.54) is 0 Å². The first-order valence-corrected chi connectivity index (χ1v) is 8.88. The van der Waals surface area contributed by atoms with E-state index in [9.17, 15) is 9.90 Å². The molecule has 0 atom stereocenters. The van der Waals surface area contributed by atoms with Gasteiger partial charge in [0, 0.05) is 16.5 Å². The molecule has 134 valence electrons. The lowest BCUT2D eigenvalue weighted by molar-refractivity contribution is 0.104. The molecule has 0 aliphatic carbocycles. The van der Waals surface area contributed by atoms with Crippen LogP contribution in [0.4, 0.5) is 0 Å². The highest BCUT2D eigenvalue weighted by Crippen LogP contribution is 2.36. The molecule has 0 aliphatic rings. The summed E-state index contributed by atoms with van der Waals surface area (Å²) >= 11 is 0. The molecule has 0 unspecified atom stereocenters. The molecule has 0 spiro atoms. The zero-order valence-electron chi connectivity index (χ0n) is 15.5. The largest absolute Gasteiger partial charge is 0.508 e. The number of aromatic hydroxyl groups is 1. The maximum absolute atomic E-state index is 13.5. The molecule has 4 rings (SSSR count). The van der Waals surface area contributed by atoms with Crippen LogP contribution >= 0.6 is 0 Å². The summed E-state index contributed by atoms with van der Waals surface area (Å²) in [7, 11) is 0. The van der Waals surface area contributed by atoms with Crippen LogP contribution in [0.25, 0.3) is 22.3 Å². The van der Waals surface area contributed by atoms with Gasteiger partial charge in [-0.15, -0.1) is 0 Å². The van der Waals surface area contributed by atoms with Gasteiger partial charge in [-0.25, -0.2) is 0 Å². The second-order valence-electron chi connectivity index (χ2n) is 7.06. The van der Waals surface area contributed by atoms with Gasteiger partial charge in [-0.2, -0.15) is 0 Å². The molecule has 0 aliphatic heterocycles. The van der Waals surface area contributed by atoms with E-state index in [0.717, 1.165) is 27.6 Å². The number of carbonyl (C=O) groups excluding carboxylic acids is 1. The summed E-state index contributed by atoms with van der Waals surface area (Å²) in [5, 5.41) is 10.4. The molecule has 0 fully saturated rings. The van der Waals surface area contributed by atoms with E-state index in [1.54, 1.807) is 24.3 Å². The number of furan rings is 1. The maximum Gasteiger partial charge on any atom is 0.197 e. The van der Waals surface area contributed by atoms with Gasteiger partial charge in [0.1, 0.15) is 17.1 Å². The smallest absolute Gasteiger partial charge is 0.197 e. The Bertz CT molecular complexity index is 1140. The number of hydrogen-bond donors (Lipinski definition) is 1. The van der Waals surface area contributed by atoms with Crippen molar-refractivity contribution in [2.45, 2.75) is 20.8 Å². The van der Waals surface area contributed by atoms with Crippen LogP contribution in [0, 0.1) is 20.8 Å². The molecule has 0 radical (unpaired) electrons. The van der Waals surface area contributed by atoms with Crippen molar-refractivity contribution in [1.29, 1.82) is 0 Å². The molecule has 1 aromatic heterocycles. The van der Waals surface area contributed by atoms with Crippen LogP contribution in [-0.4, -0.2) is 10.9 Å². The highest BCUT2D eigenvalue weighted by atomic mass is 16.3. The van der Waals surface area contributed by atoms with Crippen LogP contribution in [0.1, 0.15) is 32.6 Å². The number of benzene rings is 3. The van der Waals surface area contributed by atoms with Crippen LogP contribution in [0.15, 0.2) is 65.1 Å². The van der Waals surface area contributed by atoms with Gasteiger partial charge >= 0.3 is 0 Å². The fraction of sp³-hybridized carbons (Fsp3) is 0.125. The Kier molecular flexibility index (Phi) is 4.08. The lowest BCUT2D eigenvalue weighted by Gasteiger charge is -2.06. The zero-order valence-corrected chi connectivity index (χ0v) is 15.5. The SMILES string of the molecule is Cc1cc(C)cc(C(=O)c2c(-c3ccc(O)cc3)oc3ccc(C)cc23)c1. The minimum atomic E-state index is -0.0609. The number of fused-ring (bicyclic) bond motifs is 1. The molecular weight excluding hydrogens is 336 g/mol. The summed E-state index contributed by atoms with van der Waals surface area (Å²) in [6, 6.07) is 18.4. The van der Waals surface area contributed by atoms with E-state index in [4.69, 9.17) is 4.42 Å². The van der Waals surface area contributed by atoms with Crippen molar-refractivity contribution in [2.24, 2.45) is 0 Å². The van der Waals surface area contributed by atoms with Gasteiger partial charge in [0.05, 0.1) is 5.56 Å². The number of phenolic OH excluding ortho intramolecular Hbond substituents is 1. The highest BCUT2D eigenvalue weighted by molar-refractivity contribution is 6.19. The van der Waals surface area contributed by atoms with E-state index in [2.05, 4.69) is 6.07 Å². The predicted molar refractivity (Wildman–Crippen MR) is 107 cm³/mol. The van der Waals surface area contributed by atoms with E-state index in [0.29, 0.717) is 22.5 Å². The Labute approximate surface area is 157 Å². The minimum absolute atomic E-state index is 0.0609. The first kappa shape index (κ1) is 17.1. The Morgan fingerprint density at radius 1 is 0.815 bits per heavy atom. The summed E-state index contributed by atoms with van der Waals surface area (Å²) in [6.07, 6.45) is 0. The lowest BCUT2D eigenvalue weighted by atomic mass is 9.95. The normalized spacial score (nSPS) is 11.1. The molecule has 3 heteroatoms. The standard InChI is InChI=1S/C24H20O3/c1-14-4-9-21-20(13-14)22(23(26)18-11-15(2)10-16(3)12-18)24(27-21)17-5-7-19(25)8-6-17/h4-13,25H,1-3H3. The molecule has 0 saturated heterocycles. The zero-order chi connectivity index (χ0) is 19.1. The number of hydrogen-bond acceptors (Lipinski definition) is 3. The molecule has 1 heterocycles. The van der Waals surface area contributed by atoms with E-state index < -0.39 is 0 Å². The van der Waals surface area contributed by atoms with Crippen molar-refractivity contribution < 1.29 is 14.3 Å². The fourth-order valence-electron chi connectivity index (χ4n) is 3.50. The quantitative estimate of drug-likeness (QED) is 0.461. The second-order valence-corrected chi connectivity index (χ2v) is 7.06. The summed E-state index contributed by atoms with van der Waals surface area (Å²) in [6.45, 7) is 5.97. The van der Waals surface area contributed by atoms with Gasteiger partial charge in [-0.3, -0.25) is 4.79 Å². The topological polar surface area (TPSA) is 50.4 Å². The van der Waals surface area contributed by atoms with Crippen LogP contribution in [0.5, 0.6) is 5.75 Å². The summed E-state index contributed by atoms with van der Waals surface area (Å²) in [4.78, 5) is 13.5. The lowest BCUT2D eigenvalue weighted by Crippen LogP contribution is -2.03. The number of phenols is 1. The molecular formula is C24H20O3. The van der Waals surface area contributed by atoms with Crippen LogP contribution in [-0.2, 0) is 0 Å². The summed E-state index contributed by atoms with van der Waals surface area (Å²) < 4.78 is 6.08. The molecule has 27 heavy (non-hydrogen) atoms. The molecule has 0 amide bonds. The van der Waals surface area contributed by atoms with Crippen molar-refractivity contribution in [3.8, 4) is 17.1 Å². The Morgan fingerprint density at radius 3 is 2.15 bits per heavy atom. The third-order valence-electron chi connectivity index (χ3n) is 4.68. The van der Waals surface area contributed by atoms with E-state index >= 15 is 0 Å². The fourth-order valence-corrected chi connectivity index (χ4v) is 3.50. The summed E-state index contributed by atoms with van der Waals surface area (Å²) in [5.41, 5.74) is 5.81. The minimum Gasteiger partial charge on any atom is -0.508 e. The second kappa shape index (κ2) is 6.44. The van der Waals surface area contributed by atoms with E-state index in [-0.39, 0.29) is 11.5 Å². The molecule has 0 bridgehead atoms. The predicted octanol–water partition coefficient (Wildman–Crippen LogP) is 5.96. The van der Waals surface area contributed by atoms with Gasteiger partial charge in [0.2, 0.25) is 0 Å². The average molecular weight is 356 g/mol. The van der Waals surface area contributed by atoms with E-state index in [1.807, 2.05) is 51.1 Å². The van der Waals surface area contributed by atoms with Crippen LogP contribution in [0.2, 0.25) is 0 Å². The van der Waals surface area contributed by atoms with Crippen LogP contribution < -0.4 is 0 Å². The van der Waals surface area contributed by atoms with Crippen molar-refractivity contribution in [3.05, 3.63) is 88.5 Å². The molecule has 1 N–H and O–H groups in total. The number of ketones is 1. The Balaban J connectivity index is 1.99. The average Bonchev–Trinajstić information content (AvgIpc) is 2.99. The van der Waals surface area contributed by atoms with Gasteiger partial charge in [0.25, 0.3) is 0 Å². The first-order valence-electron chi connectivity index (χ1n) is 8.88. The number of aryl methyl sites for hydroxylation is 3. The monoisotopic (exact) mass is 356 g/mol. The Morgan fingerprint density at radius 2 is 1.48 bits per heavy atom. The van der Waals surface area contributed by atoms with Crippen molar-refractivity contribution in [3.63, 3.8) is 0 Å². The van der Waals surface area contributed by atoms with Crippen molar-refractivity contribution in [2.75, 3.05) is 0 Å². The third kappa shape index (κ3) is 3.13. The number of carbonyl (C=O) groups is 1. The Hall–Kier alpha value is -3.33. The third-order valence-corrected chi connectivity index (χ3v) is 4.68. The van der Waals surface area contributed by atoms with Gasteiger partial charge < -0.3 is 9.52 Å². The highest BCUT2D eigenvalue weighted by Gasteiger charge is 2.23. The van der Waals surface area contributed by atoms with Gasteiger partial charge in [-0.05, 0) is 69.3 Å². The molecule has 3 nitrogen and oxygen atoms in total. The number of rotatable bonds is 3. The van der Waals surface area contributed by atoms with Gasteiger partial charge in [0.15, 0.2) is 5.78 Å². The first-order chi connectivity index (χ1) is 12.9. The van der Waals surface area contributed by atoms with Crippen molar-refractivity contribution in [1.82, 2.24) is 0 Å². The molecule has 4 aromatic rings.